The van der Waals surface area contributed by atoms with Crippen LogP contribution in [-0.4, -0.2) is 64.5 Å². The molecule has 5 aromatic heterocycles. The number of aromatic nitrogens is 5. The molecule has 5 N–H and O–H groups in total. The molecule has 0 aliphatic heterocycles. The molecular weight excluding hydrogens is 1890 g/mol. The van der Waals surface area contributed by atoms with Crippen LogP contribution in [-0.2, 0) is 134 Å². The van der Waals surface area contributed by atoms with Crippen molar-refractivity contribution in [2.45, 2.75) is 127 Å². The maximum absolute atomic E-state index is 12.4. The molecule has 25 heteroatoms. The quantitative estimate of drug-likeness (QED) is 0.0239. The lowest BCUT2D eigenvalue weighted by atomic mass is 9.94. The summed E-state index contributed by atoms with van der Waals surface area (Å²) in [5.74, 6) is 0.0413. The Hall–Kier alpha value is -16.6. The predicted octanol–water partition coefficient (Wildman–Crippen LogP) is 22.4. The average Bonchev–Trinajstić information content (AvgIpc) is 0.814. The van der Waals surface area contributed by atoms with Crippen molar-refractivity contribution in [1.29, 1.82) is 0 Å². The number of nitrogens with one attached hydrogen (secondary N) is 5. The highest BCUT2D eigenvalue weighted by molar-refractivity contribution is 7.95. The third-order valence-electron chi connectivity index (χ3n) is 25.2. The van der Waals surface area contributed by atoms with E-state index in [0.717, 1.165) is 146 Å². The Morgan fingerprint density at radius 2 is 0.466 bits per heavy atom. The van der Waals surface area contributed by atoms with Crippen molar-refractivity contribution >= 4 is 66.2 Å². The van der Waals surface area contributed by atoms with E-state index in [-0.39, 0.29) is 45.5 Å². The summed E-state index contributed by atoms with van der Waals surface area (Å²) >= 11 is 0. The summed E-state index contributed by atoms with van der Waals surface area (Å²) < 4.78 is 66.1. The molecule has 0 bridgehead atoms. The molecule has 15 rings (SSSR count). The van der Waals surface area contributed by atoms with Crippen molar-refractivity contribution in [2.75, 3.05) is 32.5 Å². The molecule has 0 fully saturated rings. The van der Waals surface area contributed by atoms with E-state index in [4.69, 9.17) is 4.74 Å². The molecule has 0 unspecified atom stereocenters. The van der Waals surface area contributed by atoms with Gasteiger partial charge >= 0.3 is 0 Å². The predicted molar refractivity (Wildman–Crippen MR) is 606 cm³/mol. The molecule has 148 heavy (non-hydrogen) atoms. The van der Waals surface area contributed by atoms with Crippen molar-refractivity contribution in [2.24, 2.45) is 35.2 Å². The van der Waals surface area contributed by atoms with Gasteiger partial charge in [-0.05, 0) is 325 Å². The molecule has 0 aliphatic rings. The number of carbonyl (C=O) groups is 3. The minimum Gasteiger partial charge on any atom is -0.497 e. The summed E-state index contributed by atoms with van der Waals surface area (Å²) in [4.78, 5) is 97.0. The Kier molecular flexibility index (Phi) is 39.0. The second kappa shape index (κ2) is 51.7. The fourth-order valence-corrected chi connectivity index (χ4v) is 18.0. The van der Waals surface area contributed by atoms with Gasteiger partial charge in [0, 0.05) is 133 Å². The maximum Gasteiger partial charge on any atom is 0.254 e. The van der Waals surface area contributed by atoms with E-state index in [1.807, 2.05) is 201 Å². The molecule has 3 amide bonds. The van der Waals surface area contributed by atoms with Crippen molar-refractivity contribution in [1.82, 2.24) is 22.8 Å². The Morgan fingerprint density at radius 1 is 0.277 bits per heavy atom. The first-order valence-corrected chi connectivity index (χ1v) is 51.9. The molecule has 0 saturated heterocycles. The van der Waals surface area contributed by atoms with Gasteiger partial charge in [-0.3, -0.25) is 47.8 Å². The molecule has 0 aliphatic carbocycles. The normalized spacial score (nSPS) is 10.9. The SMILES string of the molecule is C=CC(=O)Nc1ccc(Cc2ccc(C)cc2)c(-c2cc(CC)c(=O)n(C)c2)c1.C=CC(=O)Nc1ccc(Cc2ccc(C)cc2)c(-c2cc(CC)c(=O)n(C)c2)c1.C=CC(=O)Nc1ccc(Cc2ccc(OC)cc2)c(-c2cc(CC)c(=O)n(C)c2)c1.C=CS(=O)(=O)Nc1ccc(Cc2ccc(C)cc2)c(-c2cc(CC)c(=O)n(C)c2)c1.C=CS(=O)(=O)Nc1ccc(Cc2ccc(C)cc2)c(-c2cc(CC)c(=O)n(C)c2)c1. The van der Waals surface area contributed by atoms with Crippen LogP contribution in [0.2, 0.25) is 0 Å². The molecule has 0 radical (unpaired) electrons. The fraction of sp³-hybridized carbons (Fsp3) is 0.203. The van der Waals surface area contributed by atoms with Crippen LogP contribution in [0.5, 0.6) is 5.75 Å². The zero-order valence-electron chi connectivity index (χ0n) is 86.8. The van der Waals surface area contributed by atoms with E-state index in [2.05, 4.69) is 169 Å². The van der Waals surface area contributed by atoms with Gasteiger partial charge in [-0.25, -0.2) is 16.8 Å². The van der Waals surface area contributed by atoms with Gasteiger partial charge in [0.2, 0.25) is 17.7 Å². The van der Waals surface area contributed by atoms with Crippen molar-refractivity contribution in [3.63, 3.8) is 0 Å². The Balaban J connectivity index is 0.000000176. The topological polar surface area (TPSA) is 299 Å². The summed E-state index contributed by atoms with van der Waals surface area (Å²) in [7, 11) is 3.18. The van der Waals surface area contributed by atoms with Crippen LogP contribution >= 0.6 is 0 Å². The highest BCUT2D eigenvalue weighted by Crippen LogP contribution is 2.37. The number of methoxy groups -OCH3 is 1. The number of carbonyl (C=O) groups excluding carboxylic acids is 3. The van der Waals surface area contributed by atoms with Gasteiger partial charge < -0.3 is 43.5 Å². The minimum absolute atomic E-state index is 0.00840. The summed E-state index contributed by atoms with van der Waals surface area (Å²) in [6.45, 7) is 35.3. The van der Waals surface area contributed by atoms with Crippen LogP contribution in [0.3, 0.4) is 0 Å². The number of ether oxygens (including phenoxy) is 1. The average molecular weight is 2020 g/mol. The van der Waals surface area contributed by atoms with Crippen LogP contribution < -0.4 is 57.9 Å². The molecule has 23 nitrogen and oxygen atoms in total. The number of rotatable bonds is 33. The highest BCUT2D eigenvalue weighted by atomic mass is 32.2. The number of hydrogen-bond acceptors (Lipinski definition) is 13. The van der Waals surface area contributed by atoms with Crippen molar-refractivity contribution in [3.05, 3.63) is 493 Å². The number of anilines is 5. The number of sulfonamides is 2. The van der Waals surface area contributed by atoms with E-state index in [1.165, 1.54) is 51.6 Å². The Morgan fingerprint density at radius 3 is 0.649 bits per heavy atom. The van der Waals surface area contributed by atoms with E-state index >= 15 is 0 Å². The third kappa shape index (κ3) is 30.5. The smallest absolute Gasteiger partial charge is 0.254 e. The van der Waals surface area contributed by atoms with Crippen LogP contribution in [0, 0.1) is 27.7 Å². The zero-order chi connectivity index (χ0) is 107. The minimum atomic E-state index is -3.62. The van der Waals surface area contributed by atoms with E-state index in [9.17, 15) is 55.2 Å². The van der Waals surface area contributed by atoms with Gasteiger partial charge in [-0.15, -0.1) is 0 Å². The molecule has 762 valence electrons. The molecule has 15 aromatic rings. The van der Waals surface area contributed by atoms with Gasteiger partial charge in [0.25, 0.3) is 47.8 Å². The number of amides is 3. The molecule has 0 saturated carbocycles. The standard InChI is InChI=1S/C25H26N2O3.2C25H26N2O2.2C24H26N2O3S/c1-5-18-14-20(16-27(3)25(18)29)23-15-21(26-24(28)6-2)10-9-19(23)13-17-7-11-22(30-4)12-8-17;2*1-5-19-14-21(16-27(4)25(19)29)23-15-22(26-24(28)6-2)12-11-20(23)13-18-9-7-17(3)8-10-18;2*1-5-19-14-21(16-26(4)24(19)27)23-15-22(25-30(28,29)6-2)12-11-20(23)13-18-9-7-17(3)8-10-18/h6-12,14-16H,2,5,13H2,1,3-4H3,(H,26,28);2*6-12,14-16H,2,5,13H2,1,3-4H3,(H,26,28);2*6-12,14-16,25H,2,5,13H2,1,3-4H3. The Labute approximate surface area is 867 Å². The van der Waals surface area contributed by atoms with Crippen LogP contribution in [0.25, 0.3) is 55.6 Å². The number of hydrogen-bond donors (Lipinski definition) is 5. The number of pyridine rings is 5. The van der Waals surface area contributed by atoms with Gasteiger partial charge in [-0.1, -0.05) is 229 Å². The van der Waals surface area contributed by atoms with Gasteiger partial charge in [0.15, 0.2) is 0 Å². The monoisotopic (exact) mass is 2020 g/mol. The maximum atomic E-state index is 12.4. The van der Waals surface area contributed by atoms with Crippen molar-refractivity contribution < 1.29 is 36.0 Å². The first kappa shape index (κ1) is 112. The van der Waals surface area contributed by atoms with E-state index in [0.29, 0.717) is 90.9 Å². The summed E-state index contributed by atoms with van der Waals surface area (Å²) in [5.41, 5.74) is 32.2. The molecule has 0 spiro atoms. The number of aryl methyl sites for hydroxylation is 14. The zero-order valence-corrected chi connectivity index (χ0v) is 88.5. The van der Waals surface area contributed by atoms with Crippen LogP contribution in [0.15, 0.2) is 360 Å². The molecule has 0 atom stereocenters. The van der Waals surface area contributed by atoms with E-state index < -0.39 is 20.0 Å². The van der Waals surface area contributed by atoms with E-state index in [1.54, 1.807) is 89.7 Å². The van der Waals surface area contributed by atoms with Gasteiger partial charge in [0.05, 0.1) is 7.11 Å². The van der Waals surface area contributed by atoms with Crippen LogP contribution in [0.1, 0.15) is 140 Å². The van der Waals surface area contributed by atoms with Gasteiger partial charge in [0.1, 0.15) is 5.75 Å². The lowest BCUT2D eigenvalue weighted by Crippen LogP contribution is -2.20. The first-order valence-electron chi connectivity index (χ1n) is 48.8. The summed E-state index contributed by atoms with van der Waals surface area (Å²) in [5, 5.41) is 10.2. The van der Waals surface area contributed by atoms with Gasteiger partial charge in [-0.2, -0.15) is 0 Å². The summed E-state index contributed by atoms with van der Waals surface area (Å²) in [6, 6.07) is 79.8. The highest BCUT2D eigenvalue weighted by Gasteiger charge is 2.21. The molecular formula is C123H130N10O13S2. The second-order valence-electron chi connectivity index (χ2n) is 36.4. The third-order valence-corrected chi connectivity index (χ3v) is 27.1. The molecule has 5 heterocycles. The summed E-state index contributed by atoms with van der Waals surface area (Å²) in [6.07, 6.45) is 19.7. The lowest BCUT2D eigenvalue weighted by molar-refractivity contribution is -0.112. The Bertz CT molecular complexity index is 7630. The fourth-order valence-electron chi connectivity index (χ4n) is 16.9. The second-order valence-corrected chi connectivity index (χ2v) is 39.6. The first-order chi connectivity index (χ1) is 70.7. The lowest BCUT2D eigenvalue weighted by Gasteiger charge is -2.15. The molecule has 10 aromatic carbocycles. The number of benzene rings is 10. The number of nitrogens with zero attached hydrogens (tertiary/aromatic N) is 5. The van der Waals surface area contributed by atoms with Crippen molar-refractivity contribution in [3.8, 4) is 61.4 Å². The van der Waals surface area contributed by atoms with Crippen LogP contribution in [0.4, 0.5) is 28.4 Å². The largest absolute Gasteiger partial charge is 0.497 e.